The van der Waals surface area contributed by atoms with Crippen molar-refractivity contribution >= 4 is 15.9 Å². The van der Waals surface area contributed by atoms with Crippen molar-refractivity contribution in [1.82, 2.24) is 0 Å². The summed E-state index contributed by atoms with van der Waals surface area (Å²) in [5.41, 5.74) is 7.58. The van der Waals surface area contributed by atoms with Crippen molar-refractivity contribution in [2.75, 3.05) is 7.11 Å². The molecule has 0 amide bonds. The summed E-state index contributed by atoms with van der Waals surface area (Å²) in [4.78, 5) is 0. The lowest BCUT2D eigenvalue weighted by Gasteiger charge is -2.31. The molecule has 3 unspecified atom stereocenters. The smallest absolute Gasteiger partial charge is 0.133 e. The fourth-order valence-corrected chi connectivity index (χ4v) is 3.81. The molecule has 2 aliphatic rings. The molecule has 1 aromatic rings. The highest BCUT2D eigenvalue weighted by molar-refractivity contribution is 9.10. The van der Waals surface area contributed by atoms with Crippen LogP contribution >= 0.6 is 15.9 Å². The van der Waals surface area contributed by atoms with Gasteiger partial charge in [-0.3, -0.25) is 0 Å². The topological polar surface area (TPSA) is 44.5 Å². The number of hydrogen-bond acceptors (Lipinski definition) is 3. The molecule has 2 heterocycles. The van der Waals surface area contributed by atoms with Crippen LogP contribution in [0.3, 0.4) is 0 Å². The highest BCUT2D eigenvalue weighted by Crippen LogP contribution is 2.42. The van der Waals surface area contributed by atoms with Crippen LogP contribution < -0.4 is 10.5 Å². The average Bonchev–Trinajstić information content (AvgIpc) is 2.88. The first-order chi connectivity index (χ1) is 8.60. The minimum absolute atomic E-state index is 0.184. The average molecular weight is 312 g/mol. The molecule has 3 atom stereocenters. The van der Waals surface area contributed by atoms with Crippen LogP contribution in [0, 0.1) is 0 Å². The summed E-state index contributed by atoms with van der Waals surface area (Å²) < 4.78 is 12.1. The first-order valence-electron chi connectivity index (χ1n) is 6.37. The van der Waals surface area contributed by atoms with E-state index in [0.29, 0.717) is 6.10 Å². The van der Waals surface area contributed by atoms with E-state index in [9.17, 15) is 0 Å². The summed E-state index contributed by atoms with van der Waals surface area (Å²) in [6.45, 7) is 0. The summed E-state index contributed by atoms with van der Waals surface area (Å²) >= 11 is 3.52. The van der Waals surface area contributed by atoms with Gasteiger partial charge >= 0.3 is 0 Å². The summed E-state index contributed by atoms with van der Waals surface area (Å²) in [7, 11) is 1.67. The van der Waals surface area contributed by atoms with Crippen molar-refractivity contribution in [3.8, 4) is 5.75 Å². The maximum Gasteiger partial charge on any atom is 0.133 e. The Morgan fingerprint density at radius 2 is 2.33 bits per heavy atom. The second kappa shape index (κ2) is 4.51. The second-order valence-electron chi connectivity index (χ2n) is 5.41. The van der Waals surface area contributed by atoms with Crippen molar-refractivity contribution in [1.29, 1.82) is 0 Å². The van der Waals surface area contributed by atoms with Gasteiger partial charge in [-0.15, -0.1) is 0 Å². The predicted octanol–water partition coefficient (Wildman–Crippen LogP) is 2.65. The number of benzene rings is 1. The minimum atomic E-state index is -0.184. The third-order valence-corrected chi connectivity index (χ3v) is 4.73. The Morgan fingerprint density at radius 3 is 2.89 bits per heavy atom. The number of hydrogen-bond donors (Lipinski definition) is 1. The molecule has 0 saturated carbocycles. The van der Waals surface area contributed by atoms with E-state index in [4.69, 9.17) is 15.2 Å². The van der Waals surface area contributed by atoms with Gasteiger partial charge in [-0.2, -0.15) is 0 Å². The molecular formula is C14H18BrNO2. The van der Waals surface area contributed by atoms with Gasteiger partial charge in [0, 0.05) is 5.54 Å². The number of halogens is 1. The van der Waals surface area contributed by atoms with Crippen LogP contribution in [0.15, 0.2) is 22.7 Å². The van der Waals surface area contributed by atoms with Gasteiger partial charge in [0.05, 0.1) is 23.8 Å². The van der Waals surface area contributed by atoms with Crippen molar-refractivity contribution < 1.29 is 9.47 Å². The molecule has 4 heteroatoms. The molecule has 0 aliphatic carbocycles. The van der Waals surface area contributed by atoms with Gasteiger partial charge in [-0.25, -0.2) is 0 Å². The Bertz CT molecular complexity index is 465. The summed E-state index contributed by atoms with van der Waals surface area (Å²) in [6, 6.07) is 6.17. The Labute approximate surface area is 116 Å². The third-order valence-electron chi connectivity index (χ3n) is 4.11. The highest BCUT2D eigenvalue weighted by atomic mass is 79.9. The van der Waals surface area contributed by atoms with Gasteiger partial charge in [0.15, 0.2) is 0 Å². The zero-order chi connectivity index (χ0) is 12.8. The van der Waals surface area contributed by atoms with Crippen molar-refractivity contribution in [2.24, 2.45) is 5.73 Å². The lowest BCUT2D eigenvalue weighted by molar-refractivity contribution is 0.0856. The fraction of sp³-hybridized carbons (Fsp3) is 0.571. The molecule has 2 fully saturated rings. The largest absolute Gasteiger partial charge is 0.496 e. The van der Waals surface area contributed by atoms with Crippen LogP contribution in [0.4, 0.5) is 0 Å². The van der Waals surface area contributed by atoms with Crippen molar-refractivity contribution in [2.45, 2.75) is 43.4 Å². The third kappa shape index (κ3) is 2.06. The van der Waals surface area contributed by atoms with Crippen LogP contribution in [-0.4, -0.2) is 24.9 Å². The van der Waals surface area contributed by atoms with Crippen LogP contribution in [-0.2, 0) is 11.2 Å². The summed E-state index contributed by atoms with van der Waals surface area (Å²) in [5.74, 6) is 0.856. The van der Waals surface area contributed by atoms with E-state index in [-0.39, 0.29) is 11.6 Å². The zero-order valence-corrected chi connectivity index (χ0v) is 12.1. The quantitative estimate of drug-likeness (QED) is 0.933. The molecule has 18 heavy (non-hydrogen) atoms. The standard InChI is InChI=1S/C14H18BrNO2/c1-17-12-4-2-9(6-11(12)15)7-14(16)8-10-3-5-13(14)18-10/h2,4,6,10,13H,3,5,7-8,16H2,1H3. The maximum absolute atomic E-state index is 6.53. The van der Waals surface area contributed by atoms with Crippen LogP contribution in [0.5, 0.6) is 5.75 Å². The molecule has 0 radical (unpaired) electrons. The lowest BCUT2D eigenvalue weighted by Crippen LogP contribution is -2.50. The molecule has 98 valence electrons. The Morgan fingerprint density at radius 1 is 1.50 bits per heavy atom. The minimum Gasteiger partial charge on any atom is -0.496 e. The van der Waals surface area contributed by atoms with Gasteiger partial charge in [0.2, 0.25) is 0 Å². The molecule has 2 saturated heterocycles. The molecule has 1 aromatic carbocycles. The van der Waals surface area contributed by atoms with Crippen molar-refractivity contribution in [3.63, 3.8) is 0 Å². The van der Waals surface area contributed by atoms with E-state index < -0.39 is 0 Å². The molecule has 2 aliphatic heterocycles. The van der Waals surface area contributed by atoms with Gasteiger partial charge in [-0.05, 0) is 59.3 Å². The molecule has 0 spiro atoms. The van der Waals surface area contributed by atoms with Crippen molar-refractivity contribution in [3.05, 3.63) is 28.2 Å². The number of ether oxygens (including phenoxy) is 2. The van der Waals surface area contributed by atoms with Crippen LogP contribution in [0.2, 0.25) is 0 Å². The first kappa shape index (κ1) is 12.5. The molecule has 3 rings (SSSR count). The van der Waals surface area contributed by atoms with E-state index in [1.54, 1.807) is 7.11 Å². The van der Waals surface area contributed by atoms with E-state index in [2.05, 4.69) is 28.1 Å². The number of rotatable bonds is 3. The van der Waals surface area contributed by atoms with E-state index in [0.717, 1.165) is 29.5 Å². The Hall–Kier alpha value is -0.580. The highest BCUT2D eigenvalue weighted by Gasteiger charge is 2.49. The second-order valence-corrected chi connectivity index (χ2v) is 6.26. The SMILES string of the molecule is COc1ccc(CC2(N)CC3CCC2O3)cc1Br. The Kier molecular flexibility index (Phi) is 3.12. The van der Waals surface area contributed by atoms with Crippen LogP contribution in [0.25, 0.3) is 0 Å². The normalized spacial score (nSPS) is 33.9. The fourth-order valence-electron chi connectivity index (χ4n) is 3.22. The number of fused-ring (bicyclic) bond motifs is 2. The monoisotopic (exact) mass is 311 g/mol. The summed E-state index contributed by atoms with van der Waals surface area (Å²) in [6.07, 6.45) is 4.78. The van der Waals surface area contributed by atoms with E-state index in [1.165, 1.54) is 12.0 Å². The van der Waals surface area contributed by atoms with Gasteiger partial charge in [-0.1, -0.05) is 6.07 Å². The molecule has 2 N–H and O–H groups in total. The number of nitrogens with two attached hydrogens (primary N) is 1. The van der Waals surface area contributed by atoms with E-state index >= 15 is 0 Å². The van der Waals surface area contributed by atoms with Crippen LogP contribution in [0.1, 0.15) is 24.8 Å². The summed E-state index contributed by atoms with van der Waals surface area (Å²) in [5, 5.41) is 0. The molecule has 2 bridgehead atoms. The lowest BCUT2D eigenvalue weighted by atomic mass is 9.78. The number of methoxy groups -OCH3 is 1. The molecule has 0 aromatic heterocycles. The Balaban J connectivity index is 1.78. The molecular weight excluding hydrogens is 294 g/mol. The predicted molar refractivity (Wildman–Crippen MR) is 73.8 cm³/mol. The van der Waals surface area contributed by atoms with Gasteiger partial charge in [0.1, 0.15) is 5.75 Å². The first-order valence-corrected chi connectivity index (χ1v) is 7.17. The van der Waals surface area contributed by atoms with E-state index in [1.807, 2.05) is 6.07 Å². The molecule has 3 nitrogen and oxygen atoms in total. The van der Waals surface area contributed by atoms with Gasteiger partial charge < -0.3 is 15.2 Å². The zero-order valence-electron chi connectivity index (χ0n) is 10.5. The van der Waals surface area contributed by atoms with Gasteiger partial charge in [0.25, 0.3) is 0 Å². The maximum atomic E-state index is 6.53.